The Bertz CT molecular complexity index is 862. The van der Waals surface area contributed by atoms with Crippen LogP contribution in [0, 0.1) is 0 Å². The highest BCUT2D eigenvalue weighted by atomic mass is 79.9. The van der Waals surface area contributed by atoms with Crippen molar-refractivity contribution in [1.29, 1.82) is 0 Å². The lowest BCUT2D eigenvalue weighted by Gasteiger charge is -1.94. The van der Waals surface area contributed by atoms with Gasteiger partial charge in [0.25, 0.3) is 5.22 Å². The molecule has 20 heavy (non-hydrogen) atoms. The molecule has 0 N–H and O–H groups in total. The van der Waals surface area contributed by atoms with E-state index in [0.717, 1.165) is 32.1 Å². The molecule has 0 fully saturated rings. The standard InChI is InChI=1S/C13H8BrN3OS2/c14-11-9(15-12-17(11)5-6-19-12)7-20-13-16-8-3-1-2-4-10(8)18-13/h1-6H,7H2. The van der Waals surface area contributed by atoms with Crippen LogP contribution in [0.3, 0.4) is 0 Å². The molecule has 4 nitrogen and oxygen atoms in total. The minimum atomic E-state index is 0.675. The first kappa shape index (κ1) is 12.4. The van der Waals surface area contributed by atoms with Crippen molar-refractivity contribution in [2.24, 2.45) is 0 Å². The van der Waals surface area contributed by atoms with Crippen LogP contribution in [0.1, 0.15) is 5.69 Å². The van der Waals surface area contributed by atoms with Crippen LogP contribution in [-0.2, 0) is 5.75 Å². The van der Waals surface area contributed by atoms with Gasteiger partial charge < -0.3 is 4.42 Å². The van der Waals surface area contributed by atoms with Crippen LogP contribution in [0.4, 0.5) is 0 Å². The SMILES string of the molecule is Brc1c(CSc2nc3ccccc3o2)nc2sccn12. The van der Waals surface area contributed by atoms with E-state index in [9.17, 15) is 0 Å². The van der Waals surface area contributed by atoms with Crippen molar-refractivity contribution in [1.82, 2.24) is 14.4 Å². The Hall–Kier alpha value is -1.31. The molecule has 0 radical (unpaired) electrons. The number of imidazole rings is 1. The molecule has 0 spiro atoms. The molecule has 0 bridgehead atoms. The van der Waals surface area contributed by atoms with Crippen molar-refractivity contribution < 1.29 is 4.42 Å². The van der Waals surface area contributed by atoms with E-state index >= 15 is 0 Å². The van der Waals surface area contributed by atoms with Gasteiger partial charge in [-0.1, -0.05) is 23.9 Å². The molecule has 0 unspecified atom stereocenters. The maximum Gasteiger partial charge on any atom is 0.257 e. The van der Waals surface area contributed by atoms with Gasteiger partial charge in [-0.25, -0.2) is 9.97 Å². The van der Waals surface area contributed by atoms with Crippen molar-refractivity contribution in [3.8, 4) is 0 Å². The number of rotatable bonds is 3. The summed E-state index contributed by atoms with van der Waals surface area (Å²) in [4.78, 5) is 10.0. The van der Waals surface area contributed by atoms with E-state index in [1.165, 1.54) is 0 Å². The first-order valence-electron chi connectivity index (χ1n) is 5.89. The highest BCUT2D eigenvalue weighted by Crippen LogP contribution is 2.30. The van der Waals surface area contributed by atoms with Crippen LogP contribution in [0.5, 0.6) is 0 Å². The number of fused-ring (bicyclic) bond motifs is 2. The summed E-state index contributed by atoms with van der Waals surface area (Å²) < 4.78 is 8.72. The van der Waals surface area contributed by atoms with Gasteiger partial charge in [-0.05, 0) is 28.1 Å². The number of hydrogen-bond acceptors (Lipinski definition) is 5. The molecule has 3 heterocycles. The summed E-state index contributed by atoms with van der Waals surface area (Å²) in [6, 6.07) is 7.78. The molecule has 7 heteroatoms. The largest absolute Gasteiger partial charge is 0.431 e. The molecule has 0 amide bonds. The fraction of sp³-hybridized carbons (Fsp3) is 0.0769. The molecule has 3 aromatic heterocycles. The number of hydrogen-bond donors (Lipinski definition) is 0. The number of benzene rings is 1. The zero-order valence-electron chi connectivity index (χ0n) is 10.1. The van der Waals surface area contributed by atoms with Gasteiger partial charge in [-0.15, -0.1) is 11.3 Å². The number of thiazole rings is 1. The second kappa shape index (κ2) is 4.91. The van der Waals surface area contributed by atoms with Crippen LogP contribution in [0.25, 0.3) is 16.1 Å². The summed E-state index contributed by atoms with van der Waals surface area (Å²) in [6.07, 6.45) is 2.00. The number of halogens is 1. The lowest BCUT2D eigenvalue weighted by molar-refractivity contribution is 0.489. The smallest absolute Gasteiger partial charge is 0.257 e. The van der Waals surface area contributed by atoms with E-state index in [1.54, 1.807) is 23.1 Å². The van der Waals surface area contributed by atoms with Gasteiger partial charge >= 0.3 is 0 Å². The third kappa shape index (κ3) is 2.06. The lowest BCUT2D eigenvalue weighted by atomic mass is 10.3. The average molecular weight is 366 g/mol. The van der Waals surface area contributed by atoms with Gasteiger partial charge in [0.05, 0.1) is 5.69 Å². The monoisotopic (exact) mass is 365 g/mol. The van der Waals surface area contributed by atoms with Crippen LogP contribution >= 0.6 is 39.0 Å². The molecule has 4 aromatic rings. The maximum absolute atomic E-state index is 5.69. The number of nitrogens with zero attached hydrogens (tertiary/aromatic N) is 3. The highest BCUT2D eigenvalue weighted by Gasteiger charge is 2.13. The van der Waals surface area contributed by atoms with E-state index in [2.05, 4.69) is 25.9 Å². The first-order chi connectivity index (χ1) is 9.81. The summed E-state index contributed by atoms with van der Waals surface area (Å²) in [5, 5.41) is 2.69. The number of aromatic nitrogens is 3. The summed E-state index contributed by atoms with van der Waals surface area (Å²) >= 11 is 6.76. The summed E-state index contributed by atoms with van der Waals surface area (Å²) in [5.74, 6) is 0.724. The minimum absolute atomic E-state index is 0.675. The van der Waals surface area contributed by atoms with Gasteiger partial charge in [0.1, 0.15) is 10.1 Å². The molecule has 0 saturated heterocycles. The van der Waals surface area contributed by atoms with Crippen LogP contribution in [-0.4, -0.2) is 14.4 Å². The fourth-order valence-electron chi connectivity index (χ4n) is 1.94. The van der Waals surface area contributed by atoms with Crippen molar-refractivity contribution in [3.05, 3.63) is 46.1 Å². The van der Waals surface area contributed by atoms with Gasteiger partial charge in [0, 0.05) is 17.3 Å². The van der Waals surface area contributed by atoms with Gasteiger partial charge in [0.15, 0.2) is 10.5 Å². The number of thioether (sulfide) groups is 1. The molecule has 0 aliphatic heterocycles. The fourth-order valence-corrected chi connectivity index (χ4v) is 4.26. The highest BCUT2D eigenvalue weighted by molar-refractivity contribution is 9.10. The van der Waals surface area contributed by atoms with E-state index < -0.39 is 0 Å². The van der Waals surface area contributed by atoms with Gasteiger partial charge in [-0.3, -0.25) is 4.40 Å². The molecule has 0 aliphatic carbocycles. The molecule has 1 aromatic carbocycles. The molecular weight excluding hydrogens is 358 g/mol. The Morgan fingerprint density at radius 3 is 3.05 bits per heavy atom. The van der Waals surface area contributed by atoms with E-state index in [-0.39, 0.29) is 0 Å². The third-order valence-corrected chi connectivity index (χ3v) is 5.31. The Kier molecular flexibility index (Phi) is 3.05. The normalized spacial score (nSPS) is 11.7. The maximum atomic E-state index is 5.69. The Morgan fingerprint density at radius 2 is 2.20 bits per heavy atom. The van der Waals surface area contributed by atoms with Gasteiger partial charge in [-0.2, -0.15) is 0 Å². The van der Waals surface area contributed by atoms with E-state index in [0.29, 0.717) is 5.22 Å². The minimum Gasteiger partial charge on any atom is -0.431 e. The first-order valence-corrected chi connectivity index (χ1v) is 8.55. The van der Waals surface area contributed by atoms with Crippen LogP contribution in [0.2, 0.25) is 0 Å². The van der Waals surface area contributed by atoms with E-state index in [4.69, 9.17) is 4.42 Å². The number of oxazole rings is 1. The Labute approximate surface area is 131 Å². The van der Waals surface area contributed by atoms with Gasteiger partial charge in [0.2, 0.25) is 0 Å². The quantitative estimate of drug-likeness (QED) is 0.498. The van der Waals surface area contributed by atoms with Crippen molar-refractivity contribution in [2.75, 3.05) is 0 Å². The summed E-state index contributed by atoms with van der Waals surface area (Å²) in [7, 11) is 0. The van der Waals surface area contributed by atoms with Crippen LogP contribution in [0.15, 0.2) is 50.1 Å². The summed E-state index contributed by atoms with van der Waals surface area (Å²) in [5.41, 5.74) is 2.71. The molecule has 100 valence electrons. The van der Waals surface area contributed by atoms with Crippen molar-refractivity contribution in [2.45, 2.75) is 11.0 Å². The topological polar surface area (TPSA) is 43.3 Å². The molecule has 0 aliphatic rings. The predicted molar refractivity (Wildman–Crippen MR) is 84.3 cm³/mol. The second-order valence-electron chi connectivity index (χ2n) is 4.14. The predicted octanol–water partition coefficient (Wildman–Crippen LogP) is 4.59. The molecular formula is C13H8BrN3OS2. The average Bonchev–Trinajstić information content (AvgIpc) is 3.13. The zero-order valence-corrected chi connectivity index (χ0v) is 13.3. The van der Waals surface area contributed by atoms with Crippen molar-refractivity contribution >= 4 is 55.1 Å². The lowest BCUT2D eigenvalue weighted by Crippen LogP contribution is -1.83. The van der Waals surface area contributed by atoms with E-state index in [1.807, 2.05) is 40.2 Å². The van der Waals surface area contributed by atoms with Crippen LogP contribution < -0.4 is 0 Å². The number of para-hydroxylation sites is 2. The molecule has 0 saturated carbocycles. The Morgan fingerprint density at radius 1 is 1.30 bits per heavy atom. The van der Waals surface area contributed by atoms with Crippen molar-refractivity contribution in [3.63, 3.8) is 0 Å². The zero-order chi connectivity index (χ0) is 13.5. The third-order valence-electron chi connectivity index (χ3n) is 2.88. The second-order valence-corrected chi connectivity index (χ2v) is 6.69. The summed E-state index contributed by atoms with van der Waals surface area (Å²) in [6.45, 7) is 0. The Balaban J connectivity index is 1.60. The molecule has 0 atom stereocenters. The molecule has 4 rings (SSSR count).